The van der Waals surface area contributed by atoms with Crippen LogP contribution in [0, 0.1) is 17.3 Å². The van der Waals surface area contributed by atoms with Crippen LogP contribution in [0.25, 0.3) is 0 Å². The minimum Gasteiger partial charge on any atom is -0.381 e. The van der Waals surface area contributed by atoms with Crippen LogP contribution < -0.4 is 0 Å². The van der Waals surface area contributed by atoms with E-state index in [1.54, 1.807) is 0 Å². The largest absolute Gasteiger partial charge is 0.381 e. The van der Waals surface area contributed by atoms with E-state index < -0.39 is 0 Å². The Morgan fingerprint density at radius 3 is 1.01 bits per heavy atom. The highest BCUT2D eigenvalue weighted by molar-refractivity contribution is 4.97. The van der Waals surface area contributed by atoms with Crippen molar-refractivity contribution in [2.75, 3.05) is 145 Å². The summed E-state index contributed by atoms with van der Waals surface area (Å²) in [6, 6.07) is 0. The molecule has 0 spiro atoms. The van der Waals surface area contributed by atoms with Crippen molar-refractivity contribution in [3.8, 4) is 0 Å². The van der Waals surface area contributed by atoms with Gasteiger partial charge in [-0.3, -0.25) is 0 Å². The van der Waals surface area contributed by atoms with Crippen molar-refractivity contribution in [2.45, 2.75) is 208 Å². The normalized spacial score (nSPS) is 39.0. The highest BCUT2D eigenvalue weighted by Crippen LogP contribution is 2.44. The molecule has 0 amide bonds. The highest BCUT2D eigenvalue weighted by atomic mass is 16.7. The zero-order valence-electron chi connectivity index (χ0n) is 46.8. The molecule has 444 valence electrons. The minimum atomic E-state index is 0.0732. The van der Waals surface area contributed by atoms with Crippen LogP contribution in [0.3, 0.4) is 0 Å². The van der Waals surface area contributed by atoms with Gasteiger partial charge in [0.25, 0.3) is 0 Å². The topological polar surface area (TPSA) is 218 Å². The molecule has 0 aromatic rings. The Bertz CT molecular complexity index is 1490. The first-order valence-corrected chi connectivity index (χ1v) is 30.4. The monoisotopic (exact) mass is 1100 g/mol. The SMILES string of the molecule is C(CCC1CO1)CC1CO1.C(CCOCC1CO1)COCC1CC1.C(COCC1CO1)OCC1CO1.C1CC2OC2CC1C1CO1.C1CC2OC2CCC2OC12.C1OC1C1CO1.CC(C)(COCC1CO1)COCC1CO1. The molecule has 13 saturated heterocycles. The van der Waals surface area contributed by atoms with Gasteiger partial charge in [0.2, 0.25) is 0 Å². The van der Waals surface area contributed by atoms with Crippen LogP contribution in [-0.2, 0) is 90.0 Å². The first-order valence-electron chi connectivity index (χ1n) is 30.4. The van der Waals surface area contributed by atoms with Crippen LogP contribution >= 0.6 is 0 Å². The average Bonchev–Trinajstić information content (AvgIpc) is 4.26. The van der Waals surface area contributed by atoms with Gasteiger partial charge in [0.1, 0.15) is 42.7 Å². The van der Waals surface area contributed by atoms with Crippen LogP contribution in [0.4, 0.5) is 0 Å². The molecule has 13 aliphatic heterocycles. The standard InChI is InChI=1S/C11H20O4.C11H20O3.C8H14O4.2C8H12O2.C8H14O2.C4H6O2/c1-11(2,7-12-3-9-5-14-9)8-13-4-10-6-15-10;1(5-12-7-10-3-4-10)2-6-13-8-11-9-14-11;1(9-3-7-5-11-7)2-10-4-8-6-12-8;1-2-6-7(10-6)3-5(1)8-4-9-8;1-2-6-8(10-6)4-3-7-5(1)9-7;1(3-7-5-9-7)2-4-8-6-10-8;1-3(5-1)4-2-6-4/h9-10H,3-8H2,1-2H3;10-11H,1-9H2;7-8H,1-6H2;2*5-8H,1-4H2;7-8H,1-6H2;3-4H,1-2H2. The van der Waals surface area contributed by atoms with Crippen molar-refractivity contribution in [3.05, 3.63) is 0 Å². The fourth-order valence-corrected chi connectivity index (χ4v) is 9.39. The Balaban J connectivity index is 0.000000103. The second-order valence-electron chi connectivity index (χ2n) is 24.6. The van der Waals surface area contributed by atoms with E-state index in [0.29, 0.717) is 124 Å². The highest BCUT2D eigenvalue weighted by Gasteiger charge is 2.49. The Labute approximate surface area is 459 Å². The minimum absolute atomic E-state index is 0.0732. The van der Waals surface area contributed by atoms with E-state index in [-0.39, 0.29) is 5.41 Å². The fraction of sp³-hybridized carbons (Fsp3) is 1.00. The molecule has 16 aliphatic rings. The molecule has 16 fully saturated rings. The number of ether oxygens (including phenoxy) is 19. The van der Waals surface area contributed by atoms with Crippen molar-refractivity contribution < 1.29 is 90.0 Å². The number of unbranched alkanes of at least 4 members (excludes halogenated alkanes) is 2. The third-order valence-corrected chi connectivity index (χ3v) is 15.8. The van der Waals surface area contributed by atoms with Crippen LogP contribution in [0.15, 0.2) is 0 Å². The summed E-state index contributed by atoms with van der Waals surface area (Å²) >= 11 is 0. The second kappa shape index (κ2) is 31.2. The molecular formula is C58H98O19. The number of hydrogen-bond donors (Lipinski definition) is 0. The molecule has 77 heavy (non-hydrogen) atoms. The summed E-state index contributed by atoms with van der Waals surface area (Å²) in [6.45, 7) is 22.7. The van der Waals surface area contributed by atoms with Gasteiger partial charge in [-0.05, 0) is 95.3 Å². The van der Waals surface area contributed by atoms with E-state index in [2.05, 4.69) is 13.8 Å². The average molecular weight is 1100 g/mol. The third-order valence-electron chi connectivity index (χ3n) is 15.8. The van der Waals surface area contributed by atoms with Gasteiger partial charge in [-0.2, -0.15) is 0 Å². The lowest BCUT2D eigenvalue weighted by Gasteiger charge is -2.23. The first kappa shape index (κ1) is 59.4. The lowest BCUT2D eigenvalue weighted by Crippen LogP contribution is -2.27. The van der Waals surface area contributed by atoms with Crippen molar-refractivity contribution in [1.29, 1.82) is 0 Å². The smallest absolute Gasteiger partial charge is 0.109 e. The molecule has 3 saturated carbocycles. The van der Waals surface area contributed by atoms with Crippen molar-refractivity contribution in [2.24, 2.45) is 17.3 Å². The molecule has 0 aromatic carbocycles. The molecule has 0 radical (unpaired) electrons. The van der Waals surface area contributed by atoms with E-state index in [0.717, 1.165) is 144 Å². The molecule has 19 nitrogen and oxygen atoms in total. The van der Waals surface area contributed by atoms with Gasteiger partial charge >= 0.3 is 0 Å². The molecule has 3 aliphatic carbocycles. The maximum atomic E-state index is 5.56. The van der Waals surface area contributed by atoms with Crippen molar-refractivity contribution in [3.63, 3.8) is 0 Å². The Morgan fingerprint density at radius 1 is 0.312 bits per heavy atom. The lowest BCUT2D eigenvalue weighted by molar-refractivity contribution is -0.0101. The third kappa shape index (κ3) is 28.9. The van der Waals surface area contributed by atoms with Crippen molar-refractivity contribution in [1.82, 2.24) is 0 Å². The quantitative estimate of drug-likeness (QED) is 0.0623. The zero-order valence-corrected chi connectivity index (χ0v) is 46.8. The van der Waals surface area contributed by atoms with Gasteiger partial charge in [-0.15, -0.1) is 0 Å². The van der Waals surface area contributed by atoms with Gasteiger partial charge in [0.15, 0.2) is 0 Å². The van der Waals surface area contributed by atoms with E-state index in [9.17, 15) is 0 Å². The second-order valence-corrected chi connectivity index (χ2v) is 24.6. The number of fused-ring (bicyclic) bond motifs is 3. The van der Waals surface area contributed by atoms with Crippen LogP contribution in [0.5, 0.6) is 0 Å². The van der Waals surface area contributed by atoms with Crippen molar-refractivity contribution >= 4 is 0 Å². The molecule has 0 bridgehead atoms. The van der Waals surface area contributed by atoms with Gasteiger partial charge in [-0.1, -0.05) is 26.7 Å². The number of rotatable bonds is 31. The summed E-state index contributed by atoms with van der Waals surface area (Å²) in [4.78, 5) is 0. The molecule has 13 heterocycles. The van der Waals surface area contributed by atoms with E-state index in [4.69, 9.17) is 90.0 Å². The summed E-state index contributed by atoms with van der Waals surface area (Å²) in [5, 5.41) is 0. The lowest BCUT2D eigenvalue weighted by atomic mass is 9.87. The zero-order chi connectivity index (χ0) is 52.5. The molecule has 19 heteroatoms. The summed E-state index contributed by atoms with van der Waals surface area (Å²) in [5.41, 5.74) is 0.0732. The van der Waals surface area contributed by atoms with E-state index in [1.807, 2.05) is 0 Å². The number of hydrogen-bond acceptors (Lipinski definition) is 19. The Hall–Kier alpha value is -0.760. The van der Waals surface area contributed by atoms with Gasteiger partial charge in [-0.25, -0.2) is 0 Å². The molecular weight excluding hydrogens is 1000 g/mol. The first-order chi connectivity index (χ1) is 37.8. The summed E-state index contributed by atoms with van der Waals surface area (Å²) < 4.78 is 99.3. The van der Waals surface area contributed by atoms with Crippen LogP contribution in [0.2, 0.25) is 0 Å². The summed E-state index contributed by atoms with van der Waals surface area (Å²) in [7, 11) is 0. The predicted molar refractivity (Wildman–Crippen MR) is 278 cm³/mol. The van der Waals surface area contributed by atoms with E-state index in [1.165, 1.54) is 83.5 Å². The predicted octanol–water partition coefficient (Wildman–Crippen LogP) is 5.45. The fourth-order valence-electron chi connectivity index (χ4n) is 9.39. The Morgan fingerprint density at radius 2 is 0.649 bits per heavy atom. The maximum Gasteiger partial charge on any atom is 0.109 e. The maximum absolute atomic E-state index is 5.56. The summed E-state index contributed by atoms with van der Waals surface area (Å²) in [6.07, 6.45) is 27.5. The molecule has 16 rings (SSSR count). The van der Waals surface area contributed by atoms with E-state index >= 15 is 0 Å². The molecule has 17 atom stereocenters. The molecule has 0 aromatic heterocycles. The molecule has 0 N–H and O–H groups in total. The molecule has 17 unspecified atom stereocenters. The van der Waals surface area contributed by atoms with Crippen LogP contribution in [0.1, 0.15) is 110 Å². The summed E-state index contributed by atoms with van der Waals surface area (Å²) in [5.74, 6) is 1.72. The van der Waals surface area contributed by atoms with Crippen LogP contribution in [-0.4, -0.2) is 243 Å². The van der Waals surface area contributed by atoms with Gasteiger partial charge in [0, 0.05) is 25.2 Å². The van der Waals surface area contributed by atoms with Gasteiger partial charge in [0.05, 0.1) is 180 Å². The van der Waals surface area contributed by atoms with Gasteiger partial charge < -0.3 is 90.0 Å². The number of epoxide rings is 13. The Kier molecular flexibility index (Phi) is 24.1.